The van der Waals surface area contributed by atoms with Crippen molar-refractivity contribution in [2.45, 2.75) is 19.8 Å². The molecule has 0 heterocycles. The third kappa shape index (κ3) is 4.42. The monoisotopic (exact) mass is 200 g/mol. The van der Waals surface area contributed by atoms with Crippen molar-refractivity contribution in [3.05, 3.63) is 35.9 Å². The van der Waals surface area contributed by atoms with E-state index in [1.54, 1.807) is 0 Å². The smallest absolute Gasteiger partial charge is 0.0675 e. The van der Waals surface area contributed by atoms with Crippen molar-refractivity contribution >= 4 is 6.21 Å². The molecule has 0 aliphatic rings. The topological polar surface area (TPSA) is 36.1 Å². The zero-order valence-corrected chi connectivity index (χ0v) is 9.06. The third-order valence-electron chi connectivity index (χ3n) is 2.19. The first-order chi connectivity index (χ1) is 7.36. The first-order valence-corrected chi connectivity index (χ1v) is 5.31. The van der Waals surface area contributed by atoms with Gasteiger partial charge in [0.1, 0.15) is 0 Å². The average molecular weight is 200 g/mol. The molecule has 2 nitrogen and oxygen atoms in total. The highest BCUT2D eigenvalue weighted by molar-refractivity contribution is 5.79. The summed E-state index contributed by atoms with van der Waals surface area (Å²) in [5.41, 5.74) is 1.09. The van der Waals surface area contributed by atoms with Crippen LogP contribution in [0.5, 0.6) is 0 Å². The number of nitriles is 1. The minimum Gasteiger partial charge on any atom is -0.291 e. The van der Waals surface area contributed by atoms with Crippen LogP contribution in [0, 0.1) is 17.2 Å². The molecule has 0 radical (unpaired) electrons. The molecule has 78 valence electrons. The molecule has 15 heavy (non-hydrogen) atoms. The first kappa shape index (κ1) is 11.5. The quantitative estimate of drug-likeness (QED) is 0.673. The second-order valence-electron chi connectivity index (χ2n) is 3.52. The number of nitrogens with zero attached hydrogens (tertiary/aromatic N) is 2. The van der Waals surface area contributed by atoms with Gasteiger partial charge in [-0.3, -0.25) is 4.99 Å². The van der Waals surface area contributed by atoms with Gasteiger partial charge in [-0.25, -0.2) is 0 Å². The molecular formula is C13H16N2. The summed E-state index contributed by atoms with van der Waals surface area (Å²) in [6, 6.07) is 12.2. The van der Waals surface area contributed by atoms with E-state index in [9.17, 15) is 0 Å². The highest BCUT2D eigenvalue weighted by atomic mass is 14.7. The van der Waals surface area contributed by atoms with Crippen LogP contribution in [-0.4, -0.2) is 12.8 Å². The van der Waals surface area contributed by atoms with Gasteiger partial charge in [0, 0.05) is 6.21 Å². The minimum absolute atomic E-state index is 0.0648. The fraction of sp³-hybridized carbons (Fsp3) is 0.385. The number of hydrogen-bond acceptors (Lipinski definition) is 2. The molecule has 1 atom stereocenters. The maximum absolute atomic E-state index is 8.83. The Morgan fingerprint density at radius 1 is 1.40 bits per heavy atom. The number of benzene rings is 1. The molecule has 2 heteroatoms. The van der Waals surface area contributed by atoms with Gasteiger partial charge in [-0.15, -0.1) is 0 Å². The van der Waals surface area contributed by atoms with Gasteiger partial charge in [0.15, 0.2) is 0 Å². The Morgan fingerprint density at radius 3 is 2.73 bits per heavy atom. The normalized spacial score (nSPS) is 12.5. The van der Waals surface area contributed by atoms with Crippen molar-refractivity contribution < 1.29 is 0 Å². The Balaban J connectivity index is 2.43. The maximum Gasteiger partial charge on any atom is 0.0675 e. The zero-order valence-electron chi connectivity index (χ0n) is 9.06. The maximum atomic E-state index is 8.83. The van der Waals surface area contributed by atoms with Gasteiger partial charge in [-0.2, -0.15) is 5.26 Å². The Labute approximate surface area is 91.3 Å². The van der Waals surface area contributed by atoms with Crippen molar-refractivity contribution in [3.63, 3.8) is 0 Å². The van der Waals surface area contributed by atoms with E-state index in [0.29, 0.717) is 6.54 Å². The largest absolute Gasteiger partial charge is 0.291 e. The van der Waals surface area contributed by atoms with Crippen molar-refractivity contribution in [3.8, 4) is 6.07 Å². The van der Waals surface area contributed by atoms with Crippen LogP contribution in [0.25, 0.3) is 0 Å². The number of aliphatic imine (C=N–C) groups is 1. The van der Waals surface area contributed by atoms with Crippen LogP contribution in [0.4, 0.5) is 0 Å². The fourth-order valence-electron chi connectivity index (χ4n) is 1.37. The Morgan fingerprint density at radius 2 is 2.13 bits per heavy atom. The highest BCUT2D eigenvalue weighted by Gasteiger charge is 2.02. The second kappa shape index (κ2) is 6.78. The molecular weight excluding hydrogens is 184 g/mol. The van der Waals surface area contributed by atoms with E-state index in [-0.39, 0.29) is 5.92 Å². The van der Waals surface area contributed by atoms with E-state index >= 15 is 0 Å². The number of hydrogen-bond donors (Lipinski definition) is 0. The molecule has 0 spiro atoms. The van der Waals surface area contributed by atoms with E-state index in [0.717, 1.165) is 18.4 Å². The minimum atomic E-state index is 0.0648. The lowest BCUT2D eigenvalue weighted by atomic mass is 10.1. The van der Waals surface area contributed by atoms with Crippen molar-refractivity contribution in [2.75, 3.05) is 6.54 Å². The molecule has 1 aromatic carbocycles. The molecule has 1 aromatic rings. The van der Waals surface area contributed by atoms with Crippen molar-refractivity contribution in [1.82, 2.24) is 0 Å². The van der Waals surface area contributed by atoms with Gasteiger partial charge in [0.2, 0.25) is 0 Å². The Hall–Kier alpha value is -1.62. The van der Waals surface area contributed by atoms with Crippen LogP contribution in [0.1, 0.15) is 25.3 Å². The fourth-order valence-corrected chi connectivity index (χ4v) is 1.37. The van der Waals surface area contributed by atoms with Gasteiger partial charge in [0.25, 0.3) is 0 Å². The summed E-state index contributed by atoms with van der Waals surface area (Å²) in [5.74, 6) is 0.0648. The first-order valence-electron chi connectivity index (χ1n) is 5.31. The van der Waals surface area contributed by atoms with Crippen LogP contribution < -0.4 is 0 Å². The van der Waals surface area contributed by atoms with E-state index in [2.05, 4.69) is 18.0 Å². The van der Waals surface area contributed by atoms with E-state index in [1.807, 2.05) is 36.5 Å². The molecule has 0 aliphatic heterocycles. The van der Waals surface area contributed by atoms with Crippen molar-refractivity contribution in [2.24, 2.45) is 10.9 Å². The summed E-state index contributed by atoms with van der Waals surface area (Å²) in [4.78, 5) is 4.28. The van der Waals surface area contributed by atoms with E-state index in [4.69, 9.17) is 5.26 Å². The summed E-state index contributed by atoms with van der Waals surface area (Å²) in [6.45, 7) is 2.70. The molecule has 0 saturated carbocycles. The summed E-state index contributed by atoms with van der Waals surface area (Å²) in [7, 11) is 0. The lowest BCUT2D eigenvalue weighted by Gasteiger charge is -2.01. The molecule has 0 N–H and O–H groups in total. The highest BCUT2D eigenvalue weighted by Crippen LogP contribution is 2.05. The second-order valence-corrected chi connectivity index (χ2v) is 3.52. The van der Waals surface area contributed by atoms with Crippen LogP contribution in [0.2, 0.25) is 0 Å². The third-order valence-corrected chi connectivity index (χ3v) is 2.19. The van der Waals surface area contributed by atoms with Crippen molar-refractivity contribution in [1.29, 1.82) is 5.26 Å². The molecule has 0 bridgehead atoms. The molecule has 0 saturated heterocycles. The van der Waals surface area contributed by atoms with Crippen LogP contribution in [0.15, 0.2) is 35.3 Å². The van der Waals surface area contributed by atoms with Crippen LogP contribution in [0.3, 0.4) is 0 Å². The predicted molar refractivity (Wildman–Crippen MR) is 62.9 cm³/mol. The molecule has 0 fully saturated rings. The Kier molecular flexibility index (Phi) is 5.18. The zero-order chi connectivity index (χ0) is 10.9. The van der Waals surface area contributed by atoms with Crippen LogP contribution >= 0.6 is 0 Å². The lowest BCUT2D eigenvalue weighted by Crippen LogP contribution is -2.01. The number of rotatable bonds is 5. The van der Waals surface area contributed by atoms with E-state index in [1.165, 1.54) is 0 Å². The summed E-state index contributed by atoms with van der Waals surface area (Å²) in [5, 5.41) is 8.83. The van der Waals surface area contributed by atoms with Gasteiger partial charge < -0.3 is 0 Å². The molecule has 0 aromatic heterocycles. The molecule has 0 amide bonds. The molecule has 1 rings (SSSR count). The van der Waals surface area contributed by atoms with Gasteiger partial charge in [-0.1, -0.05) is 43.7 Å². The van der Waals surface area contributed by atoms with Gasteiger partial charge >= 0.3 is 0 Å². The summed E-state index contributed by atoms with van der Waals surface area (Å²) in [6.07, 6.45) is 3.81. The predicted octanol–water partition coefficient (Wildman–Crippen LogP) is 3.05. The van der Waals surface area contributed by atoms with E-state index < -0.39 is 0 Å². The molecule has 0 aliphatic carbocycles. The Bertz CT molecular complexity index is 335. The average Bonchev–Trinajstić information content (AvgIpc) is 2.29. The standard InChI is InChI=1S/C13H16N2/c1-2-6-13(9-14)11-15-10-12-7-4-3-5-8-12/h3-5,7-8,10,13H,2,6,11H2,1H3. The summed E-state index contributed by atoms with van der Waals surface area (Å²) < 4.78 is 0. The van der Waals surface area contributed by atoms with Crippen LogP contribution in [-0.2, 0) is 0 Å². The SMILES string of the molecule is CCCC(C#N)CN=Cc1ccccc1. The van der Waals surface area contributed by atoms with Gasteiger partial charge in [-0.05, 0) is 12.0 Å². The summed E-state index contributed by atoms with van der Waals surface area (Å²) >= 11 is 0. The lowest BCUT2D eigenvalue weighted by molar-refractivity contribution is 0.605. The van der Waals surface area contributed by atoms with Gasteiger partial charge in [0.05, 0.1) is 18.5 Å². The molecule has 1 unspecified atom stereocenters.